The zero-order valence-electron chi connectivity index (χ0n) is 10.4. The number of carbonyl (C=O) groups is 1. The molecule has 0 spiro atoms. The van der Waals surface area contributed by atoms with E-state index in [0.717, 1.165) is 0 Å². The highest BCUT2D eigenvalue weighted by atomic mass is 79.9. The number of amides is 1. The Morgan fingerprint density at radius 3 is 2.44 bits per heavy atom. The van der Waals surface area contributed by atoms with Crippen molar-refractivity contribution in [2.45, 2.75) is 26.7 Å². The number of rotatable bonds is 2. The van der Waals surface area contributed by atoms with Gasteiger partial charge in [-0.25, -0.2) is 4.39 Å². The van der Waals surface area contributed by atoms with Crippen LogP contribution in [0.25, 0.3) is 0 Å². The quantitative estimate of drug-likeness (QED) is 0.912. The van der Waals surface area contributed by atoms with Crippen molar-refractivity contribution >= 4 is 21.8 Å². The number of primary amides is 1. The largest absolute Gasteiger partial charge is 0.369 e. The van der Waals surface area contributed by atoms with Crippen molar-refractivity contribution in [3.63, 3.8) is 0 Å². The highest BCUT2D eigenvalue weighted by Gasteiger charge is 2.35. The molecule has 0 bridgehead atoms. The Morgan fingerprint density at radius 1 is 1.50 bits per heavy atom. The first-order valence-corrected chi connectivity index (χ1v) is 6.16. The van der Waals surface area contributed by atoms with Crippen LogP contribution >= 0.6 is 15.9 Å². The molecule has 1 aromatic carbocycles. The molecule has 0 aliphatic carbocycles. The molecule has 0 fully saturated rings. The molecule has 0 heterocycles. The molecule has 2 N–H and O–H groups in total. The van der Waals surface area contributed by atoms with Gasteiger partial charge in [-0.15, -0.1) is 0 Å². The van der Waals surface area contributed by atoms with Crippen molar-refractivity contribution in [2.75, 3.05) is 0 Å². The zero-order chi connectivity index (χ0) is 14.1. The summed E-state index contributed by atoms with van der Waals surface area (Å²) in [6.07, 6.45) is 0. The fourth-order valence-electron chi connectivity index (χ4n) is 1.97. The van der Waals surface area contributed by atoms with Gasteiger partial charge < -0.3 is 5.73 Å². The lowest BCUT2D eigenvalue weighted by atomic mass is 9.74. The molecular weight excluding hydrogens is 299 g/mol. The number of nitrogens with zero attached hydrogens (tertiary/aromatic N) is 1. The predicted molar refractivity (Wildman–Crippen MR) is 70.2 cm³/mol. The van der Waals surface area contributed by atoms with E-state index in [0.29, 0.717) is 4.47 Å². The highest BCUT2D eigenvalue weighted by Crippen LogP contribution is 2.38. The Morgan fingerprint density at radius 2 is 2.06 bits per heavy atom. The van der Waals surface area contributed by atoms with Crippen molar-refractivity contribution in [1.82, 2.24) is 0 Å². The molecule has 0 aromatic heterocycles. The number of carbonyl (C=O) groups excluding carboxylic acids is 1. The van der Waals surface area contributed by atoms with E-state index < -0.39 is 23.1 Å². The predicted octanol–water partition coefficient (Wildman–Crippen LogP) is 3.07. The molecule has 3 nitrogen and oxygen atoms in total. The van der Waals surface area contributed by atoms with Crippen LogP contribution in [0.1, 0.15) is 37.8 Å². The van der Waals surface area contributed by atoms with Gasteiger partial charge >= 0.3 is 0 Å². The van der Waals surface area contributed by atoms with Crippen molar-refractivity contribution in [1.29, 1.82) is 5.26 Å². The van der Waals surface area contributed by atoms with Crippen molar-refractivity contribution in [3.05, 3.63) is 33.5 Å². The van der Waals surface area contributed by atoms with Crippen LogP contribution in [0, 0.1) is 22.6 Å². The van der Waals surface area contributed by atoms with Gasteiger partial charge in [-0.2, -0.15) is 5.26 Å². The Hall–Kier alpha value is -1.41. The molecular formula is C13H14BrFN2O. The van der Waals surface area contributed by atoms with Gasteiger partial charge in [0.25, 0.3) is 0 Å². The topological polar surface area (TPSA) is 66.9 Å². The molecule has 0 aliphatic heterocycles. The third-order valence-corrected chi connectivity index (χ3v) is 3.11. The maximum atomic E-state index is 14.0. The van der Waals surface area contributed by atoms with Gasteiger partial charge in [0, 0.05) is 10.0 Å². The minimum atomic E-state index is -0.847. The maximum Gasteiger partial charge on any atom is 0.225 e. The molecule has 1 atom stereocenters. The van der Waals surface area contributed by atoms with Crippen LogP contribution in [0.4, 0.5) is 4.39 Å². The fraction of sp³-hybridized carbons (Fsp3) is 0.385. The summed E-state index contributed by atoms with van der Waals surface area (Å²) in [7, 11) is 0. The molecule has 18 heavy (non-hydrogen) atoms. The van der Waals surface area contributed by atoms with E-state index >= 15 is 0 Å². The van der Waals surface area contributed by atoms with Gasteiger partial charge in [0.2, 0.25) is 5.91 Å². The average molecular weight is 313 g/mol. The van der Waals surface area contributed by atoms with Crippen LogP contribution in [0.2, 0.25) is 0 Å². The third kappa shape index (κ3) is 2.88. The van der Waals surface area contributed by atoms with Crippen LogP contribution in [0.5, 0.6) is 0 Å². The zero-order valence-corrected chi connectivity index (χ0v) is 12.0. The summed E-state index contributed by atoms with van der Waals surface area (Å²) in [5, 5.41) is 9.07. The summed E-state index contributed by atoms with van der Waals surface area (Å²) in [5.41, 5.74) is 4.99. The summed E-state index contributed by atoms with van der Waals surface area (Å²) < 4.78 is 14.5. The van der Waals surface area contributed by atoms with Gasteiger partial charge in [-0.3, -0.25) is 4.79 Å². The molecule has 0 saturated carbocycles. The van der Waals surface area contributed by atoms with Crippen LogP contribution in [-0.4, -0.2) is 5.91 Å². The smallest absolute Gasteiger partial charge is 0.225 e. The lowest BCUT2D eigenvalue weighted by Crippen LogP contribution is -2.33. The number of hydrogen-bond donors (Lipinski definition) is 1. The van der Waals surface area contributed by atoms with Crippen molar-refractivity contribution in [3.8, 4) is 6.07 Å². The number of nitrogens with two attached hydrogens (primary N) is 1. The third-order valence-electron chi connectivity index (χ3n) is 2.65. The first kappa shape index (κ1) is 14.7. The normalized spacial score (nSPS) is 12.9. The Balaban J connectivity index is 3.57. The summed E-state index contributed by atoms with van der Waals surface area (Å²) >= 11 is 3.12. The SMILES string of the molecule is CC(C)(C)C(C(N)=O)c1c(F)cc(Br)cc1C#N. The summed E-state index contributed by atoms with van der Waals surface area (Å²) in [4.78, 5) is 11.6. The van der Waals surface area contributed by atoms with E-state index in [1.807, 2.05) is 6.07 Å². The lowest BCUT2D eigenvalue weighted by molar-refractivity contribution is -0.121. The second-order valence-electron chi connectivity index (χ2n) is 5.16. The number of halogens is 2. The average Bonchev–Trinajstić information content (AvgIpc) is 2.18. The first-order valence-electron chi connectivity index (χ1n) is 5.37. The molecule has 5 heteroatoms. The standard InChI is InChI=1S/C13H14BrFN2O/c1-13(2,3)11(12(17)18)10-7(6-16)4-8(14)5-9(10)15/h4-5,11H,1-3H3,(H2,17,18). The summed E-state index contributed by atoms with van der Waals surface area (Å²) in [5.74, 6) is -2.08. The van der Waals surface area contributed by atoms with Gasteiger partial charge in [0.15, 0.2) is 0 Å². The molecule has 1 unspecified atom stereocenters. The van der Waals surface area contributed by atoms with Crippen LogP contribution in [0.3, 0.4) is 0 Å². The van der Waals surface area contributed by atoms with Crippen LogP contribution in [0.15, 0.2) is 16.6 Å². The lowest BCUT2D eigenvalue weighted by Gasteiger charge is -2.29. The van der Waals surface area contributed by atoms with E-state index in [4.69, 9.17) is 11.0 Å². The minimum absolute atomic E-state index is 0.0701. The minimum Gasteiger partial charge on any atom is -0.369 e. The molecule has 0 radical (unpaired) electrons. The highest BCUT2D eigenvalue weighted by molar-refractivity contribution is 9.10. The number of benzene rings is 1. The fourth-order valence-corrected chi connectivity index (χ4v) is 2.40. The van der Waals surface area contributed by atoms with E-state index in [1.165, 1.54) is 12.1 Å². The second-order valence-corrected chi connectivity index (χ2v) is 6.08. The molecule has 96 valence electrons. The Bertz CT molecular complexity index is 529. The molecule has 1 amide bonds. The molecule has 1 aromatic rings. The van der Waals surface area contributed by atoms with Gasteiger partial charge in [-0.1, -0.05) is 36.7 Å². The van der Waals surface area contributed by atoms with Gasteiger partial charge in [0.1, 0.15) is 5.82 Å². The van der Waals surface area contributed by atoms with E-state index in [9.17, 15) is 9.18 Å². The van der Waals surface area contributed by atoms with Gasteiger partial charge in [-0.05, 0) is 17.5 Å². The van der Waals surface area contributed by atoms with Crippen LogP contribution < -0.4 is 5.73 Å². The number of nitriles is 1. The number of hydrogen-bond acceptors (Lipinski definition) is 2. The Labute approximate surface area is 114 Å². The second kappa shape index (κ2) is 5.07. The molecule has 0 aliphatic rings. The molecule has 0 saturated heterocycles. The maximum absolute atomic E-state index is 14.0. The monoisotopic (exact) mass is 312 g/mol. The molecule has 1 rings (SSSR count). The van der Waals surface area contributed by atoms with E-state index in [-0.39, 0.29) is 11.1 Å². The van der Waals surface area contributed by atoms with Crippen molar-refractivity contribution in [2.24, 2.45) is 11.1 Å². The Kier molecular flexibility index (Phi) is 4.12. The first-order chi connectivity index (χ1) is 8.18. The van der Waals surface area contributed by atoms with E-state index in [1.54, 1.807) is 20.8 Å². The van der Waals surface area contributed by atoms with E-state index in [2.05, 4.69) is 15.9 Å². The summed E-state index contributed by atoms with van der Waals surface area (Å²) in [6.45, 7) is 5.35. The van der Waals surface area contributed by atoms with Crippen molar-refractivity contribution < 1.29 is 9.18 Å². The van der Waals surface area contributed by atoms with Gasteiger partial charge in [0.05, 0.1) is 17.6 Å². The summed E-state index contributed by atoms with van der Waals surface area (Å²) in [6, 6.07) is 4.63. The van der Waals surface area contributed by atoms with Crippen LogP contribution in [-0.2, 0) is 4.79 Å².